The first kappa shape index (κ1) is 16.4. The van der Waals surface area contributed by atoms with E-state index in [1.54, 1.807) is 23.1 Å². The van der Waals surface area contributed by atoms with E-state index < -0.39 is 10.0 Å². The lowest BCUT2D eigenvalue weighted by atomic mass is 10.2. The second-order valence-corrected chi connectivity index (χ2v) is 9.00. The molecule has 1 aliphatic rings. The van der Waals surface area contributed by atoms with Crippen LogP contribution in [0.15, 0.2) is 46.7 Å². The number of piperazine rings is 1. The zero-order valence-corrected chi connectivity index (χ0v) is 14.6. The molecule has 8 heteroatoms. The van der Waals surface area contributed by atoms with Gasteiger partial charge in [0.15, 0.2) is 0 Å². The van der Waals surface area contributed by atoms with Crippen LogP contribution in [0.3, 0.4) is 0 Å². The molecule has 2 aromatic rings. The summed E-state index contributed by atoms with van der Waals surface area (Å²) in [5.41, 5.74) is 0.619. The van der Waals surface area contributed by atoms with E-state index in [1.165, 1.54) is 10.4 Å². The van der Waals surface area contributed by atoms with Crippen LogP contribution in [0, 0.1) is 0 Å². The normalized spacial score (nSPS) is 16.5. The first-order valence-corrected chi connectivity index (χ1v) is 9.72. The zero-order valence-electron chi connectivity index (χ0n) is 12.2. The number of halogens is 1. The van der Waals surface area contributed by atoms with E-state index in [0.717, 1.165) is 11.3 Å². The predicted octanol–water partition coefficient (Wildman–Crippen LogP) is 2.55. The fourth-order valence-corrected chi connectivity index (χ4v) is 5.52. The molecular weight excluding hydrogens is 356 g/mol. The smallest absolute Gasteiger partial charge is 0.253 e. The minimum Gasteiger partial charge on any atom is -0.336 e. The fraction of sp³-hybridized carbons (Fsp3) is 0.267. The molecule has 2 heterocycles. The number of benzene rings is 1. The summed E-state index contributed by atoms with van der Waals surface area (Å²) in [5.74, 6) is -0.0678. The van der Waals surface area contributed by atoms with Crippen molar-refractivity contribution in [1.82, 2.24) is 9.21 Å². The van der Waals surface area contributed by atoms with E-state index in [9.17, 15) is 13.2 Å². The van der Waals surface area contributed by atoms with Crippen LogP contribution in [0.5, 0.6) is 0 Å². The van der Waals surface area contributed by atoms with Crippen molar-refractivity contribution in [3.8, 4) is 0 Å². The van der Waals surface area contributed by atoms with Gasteiger partial charge in [-0.2, -0.15) is 4.31 Å². The molecule has 0 bridgehead atoms. The van der Waals surface area contributed by atoms with Gasteiger partial charge >= 0.3 is 0 Å². The average molecular weight is 371 g/mol. The molecule has 0 unspecified atom stereocenters. The summed E-state index contributed by atoms with van der Waals surface area (Å²) in [6.45, 7) is 1.34. The second-order valence-electron chi connectivity index (χ2n) is 5.12. The Bertz CT molecular complexity index is 797. The van der Waals surface area contributed by atoms with E-state index in [2.05, 4.69) is 0 Å². The second kappa shape index (κ2) is 6.60. The van der Waals surface area contributed by atoms with Crippen LogP contribution < -0.4 is 0 Å². The molecular formula is C15H15ClN2O3S2. The number of carbonyl (C=O) groups excluding carboxylic acids is 1. The number of hydrogen-bond donors (Lipinski definition) is 0. The Morgan fingerprint density at radius 1 is 1.00 bits per heavy atom. The van der Waals surface area contributed by atoms with Gasteiger partial charge in [0.25, 0.3) is 15.9 Å². The molecule has 1 aromatic heterocycles. The molecule has 0 N–H and O–H groups in total. The quantitative estimate of drug-likeness (QED) is 0.834. The zero-order chi connectivity index (χ0) is 16.4. The van der Waals surface area contributed by atoms with Crippen molar-refractivity contribution in [3.05, 3.63) is 52.4 Å². The summed E-state index contributed by atoms with van der Waals surface area (Å²) in [5, 5.41) is 0. The Kier molecular flexibility index (Phi) is 4.72. The molecule has 0 atom stereocenters. The number of sulfonamides is 1. The third kappa shape index (κ3) is 3.42. The maximum absolute atomic E-state index is 12.5. The standard InChI is InChI=1S/C15H15ClN2O3S2/c16-13-6-7-14(22-13)23(20,21)18-10-8-17(9-11-18)15(19)12-4-2-1-3-5-12/h1-7H,8-11H2. The lowest BCUT2D eigenvalue weighted by Crippen LogP contribution is -2.50. The number of carbonyl (C=O) groups is 1. The summed E-state index contributed by atoms with van der Waals surface area (Å²) >= 11 is 6.87. The van der Waals surface area contributed by atoms with Gasteiger partial charge in [-0.1, -0.05) is 29.8 Å². The van der Waals surface area contributed by atoms with Crippen molar-refractivity contribution >= 4 is 38.9 Å². The van der Waals surface area contributed by atoms with Crippen molar-refractivity contribution in [3.63, 3.8) is 0 Å². The molecule has 0 aliphatic carbocycles. The van der Waals surface area contributed by atoms with Crippen LogP contribution in [-0.4, -0.2) is 49.7 Å². The molecule has 1 fully saturated rings. The van der Waals surface area contributed by atoms with Crippen molar-refractivity contribution in [2.45, 2.75) is 4.21 Å². The minimum atomic E-state index is -3.53. The van der Waals surface area contributed by atoms with Crippen LogP contribution in [-0.2, 0) is 10.0 Å². The van der Waals surface area contributed by atoms with E-state index in [-0.39, 0.29) is 23.2 Å². The number of rotatable bonds is 3. The predicted molar refractivity (Wildman–Crippen MR) is 90.4 cm³/mol. The van der Waals surface area contributed by atoms with Gasteiger partial charge < -0.3 is 4.90 Å². The molecule has 1 aromatic carbocycles. The average Bonchev–Trinajstić information content (AvgIpc) is 3.02. The lowest BCUT2D eigenvalue weighted by Gasteiger charge is -2.33. The first-order chi connectivity index (χ1) is 11.0. The summed E-state index contributed by atoms with van der Waals surface area (Å²) in [6.07, 6.45) is 0. The van der Waals surface area contributed by atoms with Crippen LogP contribution in [0.25, 0.3) is 0 Å². The van der Waals surface area contributed by atoms with Crippen LogP contribution in [0.4, 0.5) is 0 Å². The van der Waals surface area contributed by atoms with E-state index in [1.807, 2.05) is 18.2 Å². The Hall–Kier alpha value is -1.41. The number of nitrogens with zero attached hydrogens (tertiary/aromatic N) is 2. The summed E-state index contributed by atoms with van der Waals surface area (Å²) < 4.78 is 27.1. The third-order valence-corrected chi connectivity index (χ3v) is 7.29. The van der Waals surface area contributed by atoms with Crippen LogP contribution in [0.1, 0.15) is 10.4 Å². The molecule has 122 valence electrons. The van der Waals surface area contributed by atoms with E-state index in [0.29, 0.717) is 23.0 Å². The van der Waals surface area contributed by atoms with Gasteiger partial charge in [0.2, 0.25) is 0 Å². The largest absolute Gasteiger partial charge is 0.336 e. The highest BCUT2D eigenvalue weighted by Crippen LogP contribution is 2.28. The van der Waals surface area contributed by atoms with Gasteiger partial charge in [-0.25, -0.2) is 8.42 Å². The monoisotopic (exact) mass is 370 g/mol. The molecule has 0 radical (unpaired) electrons. The Balaban J connectivity index is 1.68. The molecule has 1 amide bonds. The molecule has 0 spiro atoms. The van der Waals surface area contributed by atoms with Gasteiger partial charge in [-0.3, -0.25) is 4.79 Å². The number of thiophene rings is 1. The van der Waals surface area contributed by atoms with Crippen molar-refractivity contribution < 1.29 is 13.2 Å². The minimum absolute atomic E-state index is 0.0678. The number of amides is 1. The molecule has 0 saturated carbocycles. The summed E-state index contributed by atoms with van der Waals surface area (Å²) in [7, 11) is -3.53. The Morgan fingerprint density at radius 3 is 2.22 bits per heavy atom. The van der Waals surface area contributed by atoms with Crippen LogP contribution in [0.2, 0.25) is 4.34 Å². The number of hydrogen-bond acceptors (Lipinski definition) is 4. The maximum atomic E-state index is 12.5. The van der Waals surface area contributed by atoms with Gasteiger partial charge in [-0.05, 0) is 24.3 Å². The van der Waals surface area contributed by atoms with Gasteiger partial charge in [-0.15, -0.1) is 11.3 Å². The lowest BCUT2D eigenvalue weighted by molar-refractivity contribution is 0.0698. The molecule has 5 nitrogen and oxygen atoms in total. The highest BCUT2D eigenvalue weighted by atomic mass is 35.5. The molecule has 3 rings (SSSR count). The van der Waals surface area contributed by atoms with Crippen molar-refractivity contribution in [2.24, 2.45) is 0 Å². The summed E-state index contributed by atoms with van der Waals surface area (Å²) in [6, 6.07) is 12.1. The summed E-state index contributed by atoms with van der Waals surface area (Å²) in [4.78, 5) is 14.1. The molecule has 1 saturated heterocycles. The van der Waals surface area contributed by atoms with Gasteiger partial charge in [0, 0.05) is 31.7 Å². The first-order valence-electron chi connectivity index (χ1n) is 7.08. The maximum Gasteiger partial charge on any atom is 0.253 e. The highest BCUT2D eigenvalue weighted by Gasteiger charge is 2.31. The molecule has 1 aliphatic heterocycles. The Morgan fingerprint density at radius 2 is 1.65 bits per heavy atom. The fourth-order valence-electron chi connectivity index (χ4n) is 2.46. The van der Waals surface area contributed by atoms with Gasteiger partial charge in [0.05, 0.1) is 4.34 Å². The van der Waals surface area contributed by atoms with Gasteiger partial charge in [0.1, 0.15) is 4.21 Å². The van der Waals surface area contributed by atoms with Crippen LogP contribution >= 0.6 is 22.9 Å². The molecule has 23 heavy (non-hydrogen) atoms. The van der Waals surface area contributed by atoms with E-state index >= 15 is 0 Å². The van der Waals surface area contributed by atoms with E-state index in [4.69, 9.17) is 11.6 Å². The SMILES string of the molecule is O=C(c1ccccc1)N1CCN(S(=O)(=O)c2ccc(Cl)s2)CC1. The third-order valence-electron chi connectivity index (χ3n) is 3.69. The van der Waals surface area contributed by atoms with Crippen molar-refractivity contribution in [2.75, 3.05) is 26.2 Å². The topological polar surface area (TPSA) is 57.7 Å². The highest BCUT2D eigenvalue weighted by molar-refractivity contribution is 7.91. The van der Waals surface area contributed by atoms with Crippen molar-refractivity contribution in [1.29, 1.82) is 0 Å². The Labute approximate surface area is 144 Å².